The summed E-state index contributed by atoms with van der Waals surface area (Å²) >= 11 is 3.52. The Hall–Kier alpha value is -1.95. The van der Waals surface area contributed by atoms with Crippen LogP contribution < -0.4 is 5.32 Å². The third kappa shape index (κ3) is 4.77. The standard InChI is InChI=1S/C18H23BrN4O/c1-4-8-23(9-5-2)18(24)16-11-17(21-12-20-16)22-14-7-6-13(3)15(19)10-14/h6-7,10-12H,4-5,8-9H2,1-3H3,(H,20,21,22). The number of rotatable bonds is 7. The van der Waals surface area contributed by atoms with Crippen molar-refractivity contribution >= 4 is 33.3 Å². The zero-order chi connectivity index (χ0) is 17.5. The number of aromatic nitrogens is 2. The van der Waals surface area contributed by atoms with Gasteiger partial charge in [0.15, 0.2) is 0 Å². The average Bonchev–Trinajstić information content (AvgIpc) is 2.58. The van der Waals surface area contributed by atoms with E-state index in [0.29, 0.717) is 11.5 Å². The van der Waals surface area contributed by atoms with Crippen molar-refractivity contribution in [2.75, 3.05) is 18.4 Å². The summed E-state index contributed by atoms with van der Waals surface area (Å²) < 4.78 is 1.02. The average molecular weight is 391 g/mol. The molecule has 0 aliphatic carbocycles. The van der Waals surface area contributed by atoms with Gasteiger partial charge in [-0.25, -0.2) is 9.97 Å². The minimum absolute atomic E-state index is 0.0470. The molecule has 24 heavy (non-hydrogen) atoms. The predicted molar refractivity (Wildman–Crippen MR) is 101 cm³/mol. The largest absolute Gasteiger partial charge is 0.340 e. The number of carbonyl (C=O) groups is 1. The molecule has 0 saturated carbocycles. The summed E-state index contributed by atoms with van der Waals surface area (Å²) in [5.41, 5.74) is 2.48. The maximum absolute atomic E-state index is 12.6. The molecular weight excluding hydrogens is 368 g/mol. The smallest absolute Gasteiger partial charge is 0.272 e. The van der Waals surface area contributed by atoms with Crippen molar-refractivity contribution in [3.63, 3.8) is 0 Å². The van der Waals surface area contributed by atoms with Crippen LogP contribution in [0.1, 0.15) is 42.7 Å². The lowest BCUT2D eigenvalue weighted by atomic mass is 10.2. The number of nitrogens with zero attached hydrogens (tertiary/aromatic N) is 3. The molecule has 6 heteroatoms. The Kier molecular flexibility index (Phi) is 6.73. The molecular formula is C18H23BrN4O. The van der Waals surface area contributed by atoms with Crippen LogP contribution in [0.25, 0.3) is 0 Å². The van der Waals surface area contributed by atoms with Gasteiger partial charge in [0, 0.05) is 29.3 Å². The molecule has 0 radical (unpaired) electrons. The van der Waals surface area contributed by atoms with Crippen LogP contribution in [0.3, 0.4) is 0 Å². The van der Waals surface area contributed by atoms with E-state index in [9.17, 15) is 4.79 Å². The monoisotopic (exact) mass is 390 g/mol. The molecule has 2 rings (SSSR count). The van der Waals surface area contributed by atoms with Crippen LogP contribution in [-0.2, 0) is 0 Å². The Bertz CT molecular complexity index is 699. The fraction of sp³-hybridized carbons (Fsp3) is 0.389. The highest BCUT2D eigenvalue weighted by Crippen LogP contribution is 2.23. The maximum atomic E-state index is 12.6. The van der Waals surface area contributed by atoms with E-state index in [1.807, 2.05) is 30.0 Å². The SMILES string of the molecule is CCCN(CCC)C(=O)c1cc(Nc2ccc(C)c(Br)c2)ncn1. The van der Waals surface area contributed by atoms with Crippen molar-refractivity contribution < 1.29 is 4.79 Å². The topological polar surface area (TPSA) is 58.1 Å². The molecule has 1 aromatic heterocycles. The molecule has 1 amide bonds. The molecule has 1 aromatic carbocycles. The van der Waals surface area contributed by atoms with E-state index in [4.69, 9.17) is 0 Å². The van der Waals surface area contributed by atoms with E-state index in [2.05, 4.69) is 45.1 Å². The Morgan fingerprint density at radius 2 is 1.88 bits per heavy atom. The highest BCUT2D eigenvalue weighted by Gasteiger charge is 2.16. The number of amides is 1. The summed E-state index contributed by atoms with van der Waals surface area (Å²) in [6.07, 6.45) is 3.29. The molecule has 2 aromatic rings. The second-order valence-electron chi connectivity index (χ2n) is 5.67. The Labute approximate surface area is 151 Å². The Morgan fingerprint density at radius 3 is 2.50 bits per heavy atom. The van der Waals surface area contributed by atoms with Crippen LogP contribution in [0.5, 0.6) is 0 Å². The van der Waals surface area contributed by atoms with Gasteiger partial charge in [-0.3, -0.25) is 4.79 Å². The number of carbonyl (C=O) groups excluding carboxylic acids is 1. The minimum Gasteiger partial charge on any atom is -0.340 e. The van der Waals surface area contributed by atoms with Crippen molar-refractivity contribution in [3.05, 3.63) is 46.3 Å². The molecule has 0 aliphatic heterocycles. The Balaban J connectivity index is 2.18. The third-order valence-corrected chi connectivity index (χ3v) is 4.46. The van der Waals surface area contributed by atoms with E-state index in [-0.39, 0.29) is 5.91 Å². The fourth-order valence-electron chi connectivity index (χ4n) is 2.38. The quantitative estimate of drug-likeness (QED) is 0.752. The minimum atomic E-state index is -0.0470. The zero-order valence-corrected chi connectivity index (χ0v) is 15.9. The zero-order valence-electron chi connectivity index (χ0n) is 14.3. The lowest BCUT2D eigenvalue weighted by molar-refractivity contribution is 0.0749. The van der Waals surface area contributed by atoms with Crippen LogP contribution in [0, 0.1) is 6.92 Å². The number of hydrogen-bond acceptors (Lipinski definition) is 4. The summed E-state index contributed by atoms with van der Waals surface area (Å²) in [5.74, 6) is 0.561. The number of benzene rings is 1. The van der Waals surface area contributed by atoms with Crippen LogP contribution >= 0.6 is 15.9 Å². The second kappa shape index (κ2) is 8.78. The molecule has 0 unspecified atom stereocenters. The fourth-order valence-corrected chi connectivity index (χ4v) is 2.76. The first kappa shape index (κ1) is 18.4. The predicted octanol–water partition coefficient (Wildman–Crippen LogP) is 4.55. The highest BCUT2D eigenvalue weighted by atomic mass is 79.9. The van der Waals surface area contributed by atoms with Gasteiger partial charge < -0.3 is 10.2 Å². The molecule has 0 saturated heterocycles. The maximum Gasteiger partial charge on any atom is 0.272 e. The molecule has 0 bridgehead atoms. The first-order valence-electron chi connectivity index (χ1n) is 8.19. The van der Waals surface area contributed by atoms with E-state index < -0.39 is 0 Å². The first-order chi connectivity index (χ1) is 11.5. The number of nitrogens with one attached hydrogen (secondary N) is 1. The van der Waals surface area contributed by atoms with Gasteiger partial charge in [-0.2, -0.15) is 0 Å². The first-order valence-corrected chi connectivity index (χ1v) is 8.99. The summed E-state index contributed by atoms with van der Waals surface area (Å²) in [6.45, 7) is 7.65. The third-order valence-electron chi connectivity index (χ3n) is 3.60. The number of anilines is 2. The molecule has 128 valence electrons. The van der Waals surface area contributed by atoms with Gasteiger partial charge in [-0.15, -0.1) is 0 Å². The molecule has 5 nitrogen and oxygen atoms in total. The number of hydrogen-bond donors (Lipinski definition) is 1. The number of halogens is 1. The van der Waals surface area contributed by atoms with Gasteiger partial charge in [0.2, 0.25) is 0 Å². The van der Waals surface area contributed by atoms with Crippen molar-refractivity contribution in [1.82, 2.24) is 14.9 Å². The molecule has 1 N–H and O–H groups in total. The lowest BCUT2D eigenvalue weighted by Gasteiger charge is -2.21. The summed E-state index contributed by atoms with van der Waals surface area (Å²) in [4.78, 5) is 22.8. The molecule has 0 fully saturated rings. The van der Waals surface area contributed by atoms with Crippen molar-refractivity contribution in [1.29, 1.82) is 0 Å². The van der Waals surface area contributed by atoms with Crippen molar-refractivity contribution in [2.24, 2.45) is 0 Å². The van der Waals surface area contributed by atoms with Gasteiger partial charge in [0.25, 0.3) is 5.91 Å². The van der Waals surface area contributed by atoms with Crippen LogP contribution in [0.4, 0.5) is 11.5 Å². The summed E-state index contributed by atoms with van der Waals surface area (Å²) in [7, 11) is 0. The van der Waals surface area contributed by atoms with Crippen LogP contribution in [0.2, 0.25) is 0 Å². The highest BCUT2D eigenvalue weighted by molar-refractivity contribution is 9.10. The molecule has 0 atom stereocenters. The van der Waals surface area contributed by atoms with Gasteiger partial charge in [-0.1, -0.05) is 35.8 Å². The lowest BCUT2D eigenvalue weighted by Crippen LogP contribution is -2.33. The van der Waals surface area contributed by atoms with Gasteiger partial charge in [0.1, 0.15) is 17.8 Å². The number of aryl methyl sites for hydroxylation is 1. The van der Waals surface area contributed by atoms with Gasteiger partial charge in [0.05, 0.1) is 0 Å². The summed E-state index contributed by atoms with van der Waals surface area (Å²) in [6, 6.07) is 7.68. The van der Waals surface area contributed by atoms with Crippen LogP contribution in [-0.4, -0.2) is 33.9 Å². The molecule has 0 aliphatic rings. The van der Waals surface area contributed by atoms with E-state index in [1.165, 1.54) is 6.33 Å². The van der Waals surface area contributed by atoms with Gasteiger partial charge >= 0.3 is 0 Å². The normalized spacial score (nSPS) is 10.5. The molecule has 0 spiro atoms. The van der Waals surface area contributed by atoms with Gasteiger partial charge in [-0.05, 0) is 37.5 Å². The molecule has 1 heterocycles. The second-order valence-corrected chi connectivity index (χ2v) is 6.52. The van der Waals surface area contributed by atoms with Crippen LogP contribution in [0.15, 0.2) is 35.1 Å². The van der Waals surface area contributed by atoms with Crippen molar-refractivity contribution in [3.8, 4) is 0 Å². The van der Waals surface area contributed by atoms with Crippen molar-refractivity contribution in [2.45, 2.75) is 33.6 Å². The summed E-state index contributed by atoms with van der Waals surface area (Å²) in [5, 5.41) is 3.22. The Morgan fingerprint density at radius 1 is 1.17 bits per heavy atom. The van der Waals surface area contributed by atoms with E-state index in [0.717, 1.165) is 41.7 Å². The van der Waals surface area contributed by atoms with E-state index >= 15 is 0 Å². The van der Waals surface area contributed by atoms with E-state index in [1.54, 1.807) is 6.07 Å².